The molecule has 3 aromatic rings. The van der Waals surface area contributed by atoms with Gasteiger partial charge in [-0.1, -0.05) is 55.1 Å². The number of sulfonamides is 1. The molecular formula is C27H29N3O5S. The number of urea groups is 1. The minimum absolute atomic E-state index is 0.0885. The molecule has 0 aliphatic carbocycles. The number of benzene rings is 3. The molecular weight excluding hydrogens is 478 g/mol. The number of ether oxygens (including phenoxy) is 1. The van der Waals surface area contributed by atoms with Crippen LogP contribution in [-0.2, 0) is 21.2 Å². The standard InChI is InChI=1S/C27H29N3O5S/c1-4-20-12-9-13-24(18-20)36(33,34)29-27(32)28-25(19-21-10-7-6-8-11-21)26(31)30(5-2)22-14-16-23(35-3)17-15-22/h4,6-18,25H,1,5,19H2,2-3H3,(H2,28,29,32). The van der Waals surface area contributed by atoms with Gasteiger partial charge >= 0.3 is 6.03 Å². The summed E-state index contributed by atoms with van der Waals surface area (Å²) in [6, 6.07) is 20.1. The molecule has 0 aliphatic heterocycles. The number of likely N-dealkylation sites (N-methyl/N-ethyl adjacent to an activating group) is 1. The quantitative estimate of drug-likeness (QED) is 0.432. The van der Waals surface area contributed by atoms with E-state index >= 15 is 0 Å². The van der Waals surface area contributed by atoms with Crippen molar-refractivity contribution >= 4 is 33.7 Å². The smallest absolute Gasteiger partial charge is 0.329 e. The van der Waals surface area contributed by atoms with E-state index in [4.69, 9.17) is 4.74 Å². The Kier molecular flexibility index (Phi) is 8.86. The molecule has 0 radical (unpaired) electrons. The van der Waals surface area contributed by atoms with Crippen molar-refractivity contribution in [2.75, 3.05) is 18.6 Å². The van der Waals surface area contributed by atoms with Gasteiger partial charge in [-0.25, -0.2) is 17.9 Å². The van der Waals surface area contributed by atoms with Crippen molar-refractivity contribution in [3.8, 4) is 5.75 Å². The summed E-state index contributed by atoms with van der Waals surface area (Å²) in [7, 11) is -2.62. The van der Waals surface area contributed by atoms with Crippen molar-refractivity contribution < 1.29 is 22.7 Å². The zero-order valence-corrected chi connectivity index (χ0v) is 21.0. The van der Waals surface area contributed by atoms with Crippen LogP contribution in [0.4, 0.5) is 10.5 Å². The van der Waals surface area contributed by atoms with Crippen molar-refractivity contribution in [3.63, 3.8) is 0 Å². The number of nitrogens with zero attached hydrogens (tertiary/aromatic N) is 1. The molecule has 0 saturated carbocycles. The monoisotopic (exact) mass is 507 g/mol. The zero-order valence-electron chi connectivity index (χ0n) is 20.2. The molecule has 1 unspecified atom stereocenters. The maximum atomic E-state index is 13.6. The second kappa shape index (κ2) is 12.0. The zero-order chi connectivity index (χ0) is 26.1. The van der Waals surface area contributed by atoms with E-state index in [0.29, 0.717) is 23.5 Å². The number of rotatable bonds is 10. The molecule has 0 aromatic heterocycles. The fourth-order valence-electron chi connectivity index (χ4n) is 3.64. The number of carbonyl (C=O) groups is 2. The van der Waals surface area contributed by atoms with E-state index in [0.717, 1.165) is 5.56 Å². The number of methoxy groups -OCH3 is 1. The molecule has 0 aliphatic rings. The topological polar surface area (TPSA) is 105 Å². The van der Waals surface area contributed by atoms with Crippen molar-refractivity contribution in [3.05, 3.63) is 96.6 Å². The van der Waals surface area contributed by atoms with Gasteiger partial charge in [-0.05, 0) is 54.4 Å². The maximum Gasteiger partial charge on any atom is 0.329 e. The molecule has 3 aromatic carbocycles. The van der Waals surface area contributed by atoms with Gasteiger partial charge in [0.25, 0.3) is 10.0 Å². The Balaban J connectivity index is 1.84. The maximum absolute atomic E-state index is 13.6. The van der Waals surface area contributed by atoms with Crippen LogP contribution in [0.15, 0.2) is 90.3 Å². The van der Waals surface area contributed by atoms with Crippen LogP contribution in [0.1, 0.15) is 18.1 Å². The lowest BCUT2D eigenvalue weighted by Gasteiger charge is -2.27. The van der Waals surface area contributed by atoms with Crippen LogP contribution in [0.5, 0.6) is 5.75 Å². The summed E-state index contributed by atoms with van der Waals surface area (Å²) in [5.74, 6) is 0.263. The van der Waals surface area contributed by atoms with Gasteiger partial charge in [-0.15, -0.1) is 0 Å². The lowest BCUT2D eigenvalue weighted by atomic mass is 10.0. The highest BCUT2D eigenvalue weighted by molar-refractivity contribution is 7.90. The lowest BCUT2D eigenvalue weighted by Crippen LogP contribution is -2.53. The van der Waals surface area contributed by atoms with Crippen LogP contribution < -0.4 is 19.7 Å². The Labute approximate surface area is 211 Å². The highest BCUT2D eigenvalue weighted by atomic mass is 32.2. The number of amides is 3. The van der Waals surface area contributed by atoms with Crippen LogP contribution in [0, 0.1) is 0 Å². The Morgan fingerprint density at radius 1 is 1.03 bits per heavy atom. The molecule has 0 bridgehead atoms. The first-order valence-corrected chi connectivity index (χ1v) is 12.8. The molecule has 36 heavy (non-hydrogen) atoms. The van der Waals surface area contributed by atoms with E-state index in [9.17, 15) is 18.0 Å². The molecule has 8 nitrogen and oxygen atoms in total. The highest BCUT2D eigenvalue weighted by Gasteiger charge is 2.28. The number of hydrogen-bond donors (Lipinski definition) is 2. The predicted octanol–water partition coefficient (Wildman–Crippen LogP) is 3.99. The fourth-order valence-corrected chi connectivity index (χ4v) is 4.61. The van der Waals surface area contributed by atoms with Crippen molar-refractivity contribution in [2.24, 2.45) is 0 Å². The van der Waals surface area contributed by atoms with E-state index in [-0.39, 0.29) is 17.2 Å². The van der Waals surface area contributed by atoms with Crippen LogP contribution in [0.2, 0.25) is 0 Å². The third-order valence-electron chi connectivity index (χ3n) is 5.48. The summed E-state index contributed by atoms with van der Waals surface area (Å²) < 4.78 is 32.8. The minimum atomic E-state index is -4.17. The summed E-state index contributed by atoms with van der Waals surface area (Å²) in [5, 5.41) is 2.56. The van der Waals surface area contributed by atoms with Gasteiger partial charge in [-0.2, -0.15) is 0 Å². The Morgan fingerprint density at radius 2 is 1.72 bits per heavy atom. The fraction of sp³-hybridized carbons (Fsp3) is 0.185. The number of hydrogen-bond acceptors (Lipinski definition) is 5. The van der Waals surface area contributed by atoms with Crippen LogP contribution >= 0.6 is 0 Å². The molecule has 2 N–H and O–H groups in total. The Morgan fingerprint density at radius 3 is 2.33 bits per heavy atom. The van der Waals surface area contributed by atoms with Gasteiger partial charge in [0, 0.05) is 18.7 Å². The summed E-state index contributed by atoms with van der Waals surface area (Å²) in [4.78, 5) is 27.8. The molecule has 1 atom stereocenters. The van der Waals surface area contributed by atoms with Crippen LogP contribution in [-0.4, -0.2) is 40.1 Å². The first-order valence-electron chi connectivity index (χ1n) is 11.3. The first kappa shape index (κ1) is 26.5. The average Bonchev–Trinajstić information content (AvgIpc) is 2.89. The van der Waals surface area contributed by atoms with Gasteiger partial charge in [0.2, 0.25) is 5.91 Å². The van der Waals surface area contributed by atoms with Crippen molar-refractivity contribution in [1.29, 1.82) is 0 Å². The second-order valence-corrected chi connectivity index (χ2v) is 9.56. The van der Waals surface area contributed by atoms with E-state index in [1.807, 2.05) is 42.0 Å². The van der Waals surface area contributed by atoms with Gasteiger partial charge < -0.3 is 15.0 Å². The van der Waals surface area contributed by atoms with Gasteiger partial charge in [0.05, 0.1) is 12.0 Å². The normalized spacial score (nSPS) is 11.7. The highest BCUT2D eigenvalue weighted by Crippen LogP contribution is 2.21. The Hall–Kier alpha value is -4.11. The van der Waals surface area contributed by atoms with Crippen molar-refractivity contribution in [2.45, 2.75) is 24.3 Å². The van der Waals surface area contributed by atoms with Gasteiger partial charge in [0.1, 0.15) is 11.8 Å². The molecule has 0 heterocycles. The number of nitrogens with one attached hydrogen (secondary N) is 2. The molecule has 0 fully saturated rings. The summed E-state index contributed by atoms with van der Waals surface area (Å²) >= 11 is 0. The summed E-state index contributed by atoms with van der Waals surface area (Å²) in [5.41, 5.74) is 2.02. The Bertz CT molecular complexity index is 1310. The number of anilines is 1. The predicted molar refractivity (Wildman–Crippen MR) is 140 cm³/mol. The van der Waals surface area contributed by atoms with E-state index in [2.05, 4.69) is 11.9 Å². The summed E-state index contributed by atoms with van der Waals surface area (Å²) in [6.07, 6.45) is 1.68. The third-order valence-corrected chi connectivity index (χ3v) is 6.81. The van der Waals surface area contributed by atoms with Gasteiger partial charge in [0.15, 0.2) is 0 Å². The third kappa shape index (κ3) is 6.73. The first-order chi connectivity index (χ1) is 17.3. The number of carbonyl (C=O) groups excluding carboxylic acids is 2. The van der Waals surface area contributed by atoms with E-state index in [1.165, 1.54) is 23.1 Å². The molecule has 3 rings (SSSR count). The summed E-state index contributed by atoms with van der Waals surface area (Å²) in [6.45, 7) is 5.79. The second-order valence-electron chi connectivity index (χ2n) is 7.88. The molecule has 3 amide bonds. The van der Waals surface area contributed by atoms with Crippen LogP contribution in [0.25, 0.3) is 6.08 Å². The molecule has 0 saturated heterocycles. The van der Waals surface area contributed by atoms with Gasteiger partial charge in [-0.3, -0.25) is 4.79 Å². The minimum Gasteiger partial charge on any atom is -0.497 e. The largest absolute Gasteiger partial charge is 0.497 e. The van der Waals surface area contributed by atoms with E-state index in [1.54, 1.807) is 43.5 Å². The molecule has 9 heteroatoms. The average molecular weight is 508 g/mol. The van der Waals surface area contributed by atoms with Crippen LogP contribution in [0.3, 0.4) is 0 Å². The van der Waals surface area contributed by atoms with E-state index < -0.39 is 22.1 Å². The molecule has 188 valence electrons. The lowest BCUT2D eigenvalue weighted by molar-refractivity contribution is -0.120. The van der Waals surface area contributed by atoms with Crippen molar-refractivity contribution in [1.82, 2.24) is 10.0 Å². The molecule has 0 spiro atoms. The SMILES string of the molecule is C=Cc1cccc(S(=O)(=O)NC(=O)NC(Cc2ccccc2)C(=O)N(CC)c2ccc(OC)cc2)c1.